The Kier molecular flexibility index (Phi) is 12.3. The van der Waals surface area contributed by atoms with Crippen LogP contribution in [0.3, 0.4) is 0 Å². The van der Waals surface area contributed by atoms with Crippen molar-refractivity contribution in [3.8, 4) is 6.07 Å². The summed E-state index contributed by atoms with van der Waals surface area (Å²) in [4.78, 5) is 10.8. The molecule has 0 unspecified atom stereocenters. The van der Waals surface area contributed by atoms with Crippen LogP contribution in [0.2, 0.25) is 0 Å². The number of nitriles is 1. The number of rotatable bonds is 8. The van der Waals surface area contributed by atoms with Gasteiger partial charge in [-0.3, -0.25) is 0 Å². The number of hydrogen-bond donors (Lipinski definition) is 0. The number of nitrogens with zero attached hydrogens (tertiary/aromatic N) is 4. The number of allylic oxidation sites excluding steroid dienone is 7. The number of hydrogen-bond acceptors (Lipinski definition) is 6. The van der Waals surface area contributed by atoms with Gasteiger partial charge in [0.15, 0.2) is 0 Å². The molecule has 42 heavy (non-hydrogen) atoms. The van der Waals surface area contributed by atoms with E-state index < -0.39 is 11.7 Å². The van der Waals surface area contributed by atoms with Gasteiger partial charge in [0.05, 0.1) is 11.6 Å². The molecule has 1 aromatic rings. The average Bonchev–Trinajstić information content (AvgIpc) is 3.35. The van der Waals surface area contributed by atoms with Gasteiger partial charge in [-0.05, 0) is 73.1 Å². The lowest BCUT2D eigenvalue weighted by atomic mass is 9.99. The molecule has 2 aliphatic heterocycles. The van der Waals surface area contributed by atoms with Crippen LogP contribution in [0.5, 0.6) is 0 Å². The molecule has 1 aliphatic carbocycles. The number of thioether (sulfide) groups is 1. The van der Waals surface area contributed by atoms with Crippen molar-refractivity contribution < 1.29 is 17.9 Å². The van der Waals surface area contributed by atoms with Crippen molar-refractivity contribution >= 4 is 23.5 Å². The standard InChI is InChI=1S/C31H35F3N4OS.C2H4/c1-21(2)27(15-22(3)16-35)28-18-37-30(39-28)25-6-4-5-23(7-8-25)19-40-20-24-11-13-38(14-12-24)29-10-9-26(17-36-29)31(32,33)34;1-2/h4-5,7-10,15,17,21,24H,6,11-14,18-20H2,1-3H3;1-2H2/b22-15+,28-27-;. The molecule has 0 aromatic carbocycles. The Morgan fingerprint density at radius 3 is 2.60 bits per heavy atom. The number of aromatic nitrogens is 1. The lowest BCUT2D eigenvalue weighted by Crippen LogP contribution is -2.35. The zero-order chi connectivity index (χ0) is 30.7. The van der Waals surface area contributed by atoms with E-state index in [-0.39, 0.29) is 5.92 Å². The highest BCUT2D eigenvalue weighted by Gasteiger charge is 2.31. The summed E-state index contributed by atoms with van der Waals surface area (Å²) in [6.45, 7) is 14.1. The van der Waals surface area contributed by atoms with Gasteiger partial charge in [-0.2, -0.15) is 30.2 Å². The van der Waals surface area contributed by atoms with E-state index in [4.69, 9.17) is 10.00 Å². The number of pyridine rings is 1. The highest BCUT2D eigenvalue weighted by Crippen LogP contribution is 2.31. The summed E-state index contributed by atoms with van der Waals surface area (Å²) < 4.78 is 44.6. The molecule has 224 valence electrons. The number of aliphatic imine (C=N–C) groups is 1. The Morgan fingerprint density at radius 2 is 1.98 bits per heavy atom. The minimum Gasteiger partial charge on any atom is -0.441 e. The van der Waals surface area contributed by atoms with E-state index in [1.54, 1.807) is 6.92 Å². The van der Waals surface area contributed by atoms with Gasteiger partial charge < -0.3 is 9.64 Å². The second kappa shape index (κ2) is 15.6. The van der Waals surface area contributed by atoms with Gasteiger partial charge in [-0.25, -0.2) is 9.98 Å². The normalized spacial score (nSPS) is 19.1. The summed E-state index contributed by atoms with van der Waals surface area (Å²) >= 11 is 1.92. The summed E-state index contributed by atoms with van der Waals surface area (Å²) in [5.41, 5.74) is 3.24. The zero-order valence-electron chi connectivity index (χ0n) is 24.6. The Hall–Kier alpha value is -3.51. The molecule has 0 bridgehead atoms. The third kappa shape index (κ3) is 9.25. The number of anilines is 1. The number of piperidine rings is 1. The molecule has 0 atom stereocenters. The number of ether oxygens (including phenoxy) is 1. The molecule has 0 saturated carbocycles. The maximum absolute atomic E-state index is 12.8. The second-order valence-electron chi connectivity index (χ2n) is 10.6. The largest absolute Gasteiger partial charge is 0.441 e. The summed E-state index contributed by atoms with van der Waals surface area (Å²) in [7, 11) is 0. The predicted octanol–water partition coefficient (Wildman–Crippen LogP) is 8.47. The van der Waals surface area contributed by atoms with Crippen molar-refractivity contribution in [1.82, 2.24) is 4.98 Å². The minimum atomic E-state index is -4.36. The SMILES string of the molecule is C/C(C#N)=C\C(=C1/CN=C(C2=CC=C(CSCC3CCN(c4ccc(C(F)(F)F)cn4)CC3)C=CC2)O1)C(C)C.C=C. The predicted molar refractivity (Wildman–Crippen MR) is 167 cm³/mol. The Bertz CT molecular complexity index is 1310. The molecule has 1 fully saturated rings. The van der Waals surface area contributed by atoms with Crippen LogP contribution >= 0.6 is 11.8 Å². The molecule has 0 amide bonds. The summed E-state index contributed by atoms with van der Waals surface area (Å²) in [5.74, 6) is 4.85. The fourth-order valence-electron chi connectivity index (χ4n) is 4.81. The summed E-state index contributed by atoms with van der Waals surface area (Å²) in [6.07, 6.45) is 9.76. The average molecular weight is 597 g/mol. The Labute approximate surface area is 252 Å². The van der Waals surface area contributed by atoms with Crippen LogP contribution in [0.4, 0.5) is 19.0 Å². The van der Waals surface area contributed by atoms with Gasteiger partial charge in [0.25, 0.3) is 0 Å². The third-order valence-corrected chi connectivity index (χ3v) is 8.40. The van der Waals surface area contributed by atoms with Crippen LogP contribution in [0, 0.1) is 23.2 Å². The van der Waals surface area contributed by atoms with Crippen molar-refractivity contribution in [3.63, 3.8) is 0 Å². The van der Waals surface area contributed by atoms with Gasteiger partial charge in [0.2, 0.25) is 5.90 Å². The smallest absolute Gasteiger partial charge is 0.417 e. The van der Waals surface area contributed by atoms with E-state index in [1.807, 2.05) is 17.8 Å². The lowest BCUT2D eigenvalue weighted by Gasteiger charge is -2.32. The zero-order valence-corrected chi connectivity index (χ0v) is 25.4. The molecule has 3 heterocycles. The molecule has 1 saturated heterocycles. The highest BCUT2D eigenvalue weighted by atomic mass is 32.2. The van der Waals surface area contributed by atoms with Crippen molar-refractivity contribution in [2.24, 2.45) is 16.8 Å². The topological polar surface area (TPSA) is 61.5 Å². The first-order chi connectivity index (χ1) is 20.1. The molecule has 0 spiro atoms. The maximum Gasteiger partial charge on any atom is 0.417 e. The fourth-order valence-corrected chi connectivity index (χ4v) is 6.03. The van der Waals surface area contributed by atoms with Crippen molar-refractivity contribution in [3.05, 3.63) is 95.5 Å². The summed E-state index contributed by atoms with van der Waals surface area (Å²) in [6, 6.07) is 4.76. The Balaban J connectivity index is 0.00000237. The quantitative estimate of drug-likeness (QED) is 0.223. The lowest BCUT2D eigenvalue weighted by molar-refractivity contribution is -0.137. The van der Waals surface area contributed by atoms with Gasteiger partial charge in [-0.15, -0.1) is 13.2 Å². The van der Waals surface area contributed by atoms with Gasteiger partial charge in [-0.1, -0.05) is 38.2 Å². The molecule has 5 nitrogen and oxygen atoms in total. The van der Waals surface area contributed by atoms with Crippen LogP contribution < -0.4 is 4.90 Å². The monoisotopic (exact) mass is 596 g/mol. The molecule has 4 rings (SSSR count). The first-order valence-electron chi connectivity index (χ1n) is 14.1. The van der Waals surface area contributed by atoms with Crippen LogP contribution in [0.15, 0.2) is 94.9 Å². The first-order valence-corrected chi connectivity index (χ1v) is 15.3. The van der Waals surface area contributed by atoms with Crippen molar-refractivity contribution in [2.45, 2.75) is 46.2 Å². The fraction of sp³-hybridized carbons (Fsp3) is 0.424. The molecule has 0 radical (unpaired) electrons. The van der Waals surface area contributed by atoms with E-state index in [1.165, 1.54) is 11.6 Å². The van der Waals surface area contributed by atoms with E-state index in [0.29, 0.717) is 29.8 Å². The van der Waals surface area contributed by atoms with Crippen LogP contribution in [0.1, 0.15) is 45.6 Å². The maximum atomic E-state index is 12.8. The Morgan fingerprint density at radius 1 is 1.24 bits per heavy atom. The van der Waals surface area contributed by atoms with Crippen LogP contribution in [0.25, 0.3) is 0 Å². The molecule has 0 N–H and O–H groups in total. The van der Waals surface area contributed by atoms with Crippen molar-refractivity contribution in [2.75, 3.05) is 36.0 Å². The highest BCUT2D eigenvalue weighted by molar-refractivity contribution is 7.99. The van der Waals surface area contributed by atoms with Crippen LogP contribution in [-0.2, 0) is 10.9 Å². The van der Waals surface area contributed by atoms with E-state index in [2.05, 4.69) is 72.3 Å². The molecule has 3 aliphatic rings. The number of halogens is 3. The molecule has 1 aromatic heterocycles. The van der Waals surface area contributed by atoms with Crippen LogP contribution in [-0.4, -0.2) is 42.0 Å². The van der Waals surface area contributed by atoms with E-state index in [0.717, 1.165) is 73.0 Å². The molecular formula is C33H39F3N4OS. The third-order valence-electron chi connectivity index (χ3n) is 7.16. The number of alkyl halides is 3. The van der Waals surface area contributed by atoms with Gasteiger partial charge in [0, 0.05) is 36.2 Å². The van der Waals surface area contributed by atoms with Gasteiger partial charge >= 0.3 is 6.18 Å². The molecular weight excluding hydrogens is 557 g/mol. The summed E-state index contributed by atoms with van der Waals surface area (Å²) in [5, 5.41) is 9.17. The second-order valence-corrected chi connectivity index (χ2v) is 11.6. The van der Waals surface area contributed by atoms with Crippen molar-refractivity contribution in [1.29, 1.82) is 5.26 Å². The van der Waals surface area contributed by atoms with E-state index in [9.17, 15) is 13.2 Å². The van der Waals surface area contributed by atoms with Gasteiger partial charge in [0.1, 0.15) is 18.1 Å². The molecule has 9 heteroatoms. The first kappa shape index (κ1) is 33.0. The van der Waals surface area contributed by atoms with E-state index >= 15 is 0 Å². The minimum absolute atomic E-state index is 0.230.